The molecule has 0 amide bonds. The fourth-order valence-electron chi connectivity index (χ4n) is 0.615. The third-order valence-electron chi connectivity index (χ3n) is 1.23. The molecular formula is C5H3Cl2F2N3O2S. The summed E-state index contributed by atoms with van der Waals surface area (Å²) in [6.45, 7) is 0. The number of aromatic nitrogens is 2. The van der Waals surface area contributed by atoms with Gasteiger partial charge in [-0.2, -0.15) is 8.78 Å². The molecule has 0 aromatic carbocycles. The van der Waals surface area contributed by atoms with Gasteiger partial charge in [0.1, 0.15) is 12.0 Å². The molecule has 1 N–H and O–H groups in total. The summed E-state index contributed by atoms with van der Waals surface area (Å²) in [5.74, 6) is -3.59. The highest BCUT2D eigenvalue weighted by Crippen LogP contribution is 2.27. The SMILES string of the molecule is O=S(=O)(Nc1c(Cl)ncnc1Cl)C(F)F. The van der Waals surface area contributed by atoms with E-state index in [0.29, 0.717) is 0 Å². The number of nitrogens with zero attached hydrogens (tertiary/aromatic N) is 2. The van der Waals surface area contributed by atoms with Gasteiger partial charge in [0.15, 0.2) is 10.3 Å². The van der Waals surface area contributed by atoms with Crippen LogP contribution < -0.4 is 4.72 Å². The quantitative estimate of drug-likeness (QED) is 0.855. The Morgan fingerprint density at radius 2 is 1.73 bits per heavy atom. The van der Waals surface area contributed by atoms with E-state index in [9.17, 15) is 17.2 Å². The maximum atomic E-state index is 12.0. The van der Waals surface area contributed by atoms with Gasteiger partial charge in [0, 0.05) is 0 Å². The third kappa shape index (κ3) is 2.86. The molecule has 1 rings (SSSR count). The summed E-state index contributed by atoms with van der Waals surface area (Å²) in [5, 5.41) is -0.724. The van der Waals surface area contributed by atoms with E-state index in [0.717, 1.165) is 6.33 Å². The van der Waals surface area contributed by atoms with Crippen LogP contribution in [0.2, 0.25) is 10.3 Å². The van der Waals surface area contributed by atoms with Crippen LogP contribution in [0.1, 0.15) is 0 Å². The van der Waals surface area contributed by atoms with E-state index < -0.39 is 21.5 Å². The molecular weight excluding hydrogens is 275 g/mol. The first-order chi connectivity index (χ1) is 6.84. The first-order valence-electron chi connectivity index (χ1n) is 3.30. The Hall–Kier alpha value is -0.730. The summed E-state index contributed by atoms with van der Waals surface area (Å²) in [6.07, 6.45) is 0.963. The second-order valence-electron chi connectivity index (χ2n) is 2.24. The van der Waals surface area contributed by atoms with Gasteiger partial charge in [0.05, 0.1) is 0 Å². The Labute approximate surface area is 93.5 Å². The van der Waals surface area contributed by atoms with Gasteiger partial charge in [0.2, 0.25) is 0 Å². The lowest BCUT2D eigenvalue weighted by molar-refractivity contribution is 0.236. The molecule has 84 valence electrons. The van der Waals surface area contributed by atoms with Crippen molar-refractivity contribution >= 4 is 38.9 Å². The van der Waals surface area contributed by atoms with E-state index in [1.165, 1.54) is 4.72 Å². The Kier molecular flexibility index (Phi) is 3.63. The number of sulfonamides is 1. The summed E-state index contributed by atoms with van der Waals surface area (Å²) < 4.78 is 47.0. The van der Waals surface area contributed by atoms with E-state index in [4.69, 9.17) is 23.2 Å². The summed E-state index contributed by atoms with van der Waals surface area (Å²) in [4.78, 5) is 6.76. The van der Waals surface area contributed by atoms with E-state index in [2.05, 4.69) is 9.97 Å². The highest BCUT2D eigenvalue weighted by molar-refractivity contribution is 7.93. The molecule has 1 aromatic heterocycles. The second kappa shape index (κ2) is 4.42. The highest BCUT2D eigenvalue weighted by atomic mass is 35.5. The lowest BCUT2D eigenvalue weighted by atomic mass is 10.6. The van der Waals surface area contributed by atoms with Crippen LogP contribution in [-0.4, -0.2) is 24.1 Å². The topological polar surface area (TPSA) is 72.0 Å². The lowest BCUT2D eigenvalue weighted by Gasteiger charge is -2.08. The summed E-state index contributed by atoms with van der Waals surface area (Å²) in [5.41, 5.74) is -0.471. The Balaban J connectivity index is 3.11. The van der Waals surface area contributed by atoms with Crippen molar-refractivity contribution in [2.24, 2.45) is 0 Å². The van der Waals surface area contributed by atoms with E-state index in [1.54, 1.807) is 0 Å². The molecule has 0 atom stereocenters. The molecule has 1 heterocycles. The number of nitrogens with one attached hydrogen (secondary N) is 1. The van der Waals surface area contributed by atoms with Crippen molar-refractivity contribution in [2.75, 3.05) is 4.72 Å². The first kappa shape index (κ1) is 12.3. The molecule has 0 bridgehead atoms. The van der Waals surface area contributed by atoms with Crippen molar-refractivity contribution in [1.29, 1.82) is 0 Å². The minimum Gasteiger partial charge on any atom is -0.273 e. The lowest BCUT2D eigenvalue weighted by Crippen LogP contribution is -2.21. The molecule has 0 unspecified atom stereocenters. The standard InChI is InChI=1S/C5H3Cl2F2N3O2S/c6-3-2(4(7)11-1-10-3)12-15(13,14)5(8)9/h1,5,12H. The Morgan fingerprint density at radius 3 is 2.13 bits per heavy atom. The van der Waals surface area contributed by atoms with E-state index in [1.807, 2.05) is 0 Å². The summed E-state index contributed by atoms with van der Waals surface area (Å²) in [6, 6.07) is 0. The number of halogens is 4. The minimum atomic E-state index is -4.83. The van der Waals surface area contributed by atoms with Gasteiger partial charge in [-0.15, -0.1) is 0 Å². The second-order valence-corrected chi connectivity index (χ2v) is 4.60. The predicted molar refractivity (Wildman–Crippen MR) is 50.6 cm³/mol. The maximum Gasteiger partial charge on any atom is 0.355 e. The van der Waals surface area contributed by atoms with E-state index in [-0.39, 0.29) is 10.3 Å². The number of alkyl halides is 2. The smallest absolute Gasteiger partial charge is 0.273 e. The minimum absolute atomic E-state index is 0.362. The van der Waals surface area contributed by atoms with Crippen molar-refractivity contribution in [3.8, 4) is 0 Å². The average molecular weight is 278 g/mol. The zero-order valence-electron chi connectivity index (χ0n) is 6.79. The molecule has 0 saturated carbocycles. The molecule has 0 aliphatic heterocycles. The molecule has 0 spiro atoms. The largest absolute Gasteiger partial charge is 0.355 e. The van der Waals surface area contributed by atoms with Crippen molar-refractivity contribution in [2.45, 2.75) is 5.76 Å². The van der Waals surface area contributed by atoms with Gasteiger partial charge < -0.3 is 0 Å². The van der Waals surface area contributed by atoms with Crippen molar-refractivity contribution < 1.29 is 17.2 Å². The van der Waals surface area contributed by atoms with Crippen molar-refractivity contribution in [1.82, 2.24) is 9.97 Å². The zero-order valence-corrected chi connectivity index (χ0v) is 9.11. The third-order valence-corrected chi connectivity index (χ3v) is 2.76. The molecule has 1 aromatic rings. The van der Waals surface area contributed by atoms with Crippen molar-refractivity contribution in [3.63, 3.8) is 0 Å². The molecule has 5 nitrogen and oxygen atoms in total. The average Bonchev–Trinajstić information content (AvgIpc) is 2.11. The molecule has 0 radical (unpaired) electrons. The number of rotatable bonds is 3. The van der Waals surface area contributed by atoms with Crippen LogP contribution in [-0.2, 0) is 10.0 Å². The Bertz CT molecular complexity index is 447. The summed E-state index contributed by atoms with van der Waals surface area (Å²) >= 11 is 10.9. The number of anilines is 1. The van der Waals surface area contributed by atoms with E-state index >= 15 is 0 Å². The van der Waals surface area contributed by atoms with Gasteiger partial charge >= 0.3 is 5.76 Å². The first-order valence-corrected chi connectivity index (χ1v) is 5.60. The Morgan fingerprint density at radius 1 is 1.27 bits per heavy atom. The fraction of sp³-hybridized carbons (Fsp3) is 0.200. The van der Waals surface area contributed by atoms with Crippen LogP contribution in [0.3, 0.4) is 0 Å². The van der Waals surface area contributed by atoms with Gasteiger partial charge in [-0.05, 0) is 0 Å². The van der Waals surface area contributed by atoms with Crippen molar-refractivity contribution in [3.05, 3.63) is 16.6 Å². The van der Waals surface area contributed by atoms with Gasteiger partial charge in [-0.1, -0.05) is 23.2 Å². The molecule has 10 heteroatoms. The summed E-state index contributed by atoms with van der Waals surface area (Å²) in [7, 11) is -4.83. The monoisotopic (exact) mass is 277 g/mol. The van der Waals surface area contributed by atoms with Crippen LogP contribution in [0.25, 0.3) is 0 Å². The normalized spacial score (nSPS) is 11.8. The molecule has 0 aliphatic carbocycles. The molecule has 0 aliphatic rings. The van der Waals surface area contributed by atoms with Crippen LogP contribution in [0.5, 0.6) is 0 Å². The van der Waals surface area contributed by atoms with Crippen LogP contribution >= 0.6 is 23.2 Å². The number of hydrogen-bond donors (Lipinski definition) is 1. The zero-order chi connectivity index (χ0) is 11.6. The molecule has 15 heavy (non-hydrogen) atoms. The van der Waals surface area contributed by atoms with Gasteiger partial charge in [-0.3, -0.25) is 4.72 Å². The predicted octanol–water partition coefficient (Wildman–Crippen LogP) is 1.75. The van der Waals surface area contributed by atoms with Crippen LogP contribution in [0.15, 0.2) is 6.33 Å². The van der Waals surface area contributed by atoms with Gasteiger partial charge in [-0.25, -0.2) is 18.4 Å². The maximum absolute atomic E-state index is 12.0. The van der Waals surface area contributed by atoms with Gasteiger partial charge in [0.25, 0.3) is 10.0 Å². The fourth-order valence-corrected chi connectivity index (χ4v) is 1.70. The molecule has 0 fully saturated rings. The highest BCUT2D eigenvalue weighted by Gasteiger charge is 2.26. The van der Waals surface area contributed by atoms with Crippen LogP contribution in [0.4, 0.5) is 14.5 Å². The number of hydrogen-bond acceptors (Lipinski definition) is 4. The molecule has 0 saturated heterocycles. The van der Waals surface area contributed by atoms with Crippen LogP contribution in [0, 0.1) is 0 Å².